The minimum Gasteiger partial charge on any atom is -0.461 e. The van der Waals surface area contributed by atoms with Gasteiger partial charge < -0.3 is 4.74 Å². The Balaban J connectivity index is 5.01. The van der Waals surface area contributed by atoms with E-state index in [1.54, 1.807) is 0 Å². The lowest BCUT2D eigenvalue weighted by atomic mass is 9.97. The first-order valence-electron chi connectivity index (χ1n) is 6.55. The van der Waals surface area contributed by atoms with Crippen LogP contribution in [-0.2, 0) is 9.53 Å². The van der Waals surface area contributed by atoms with Crippen LogP contribution in [0.1, 0.15) is 52.9 Å². The van der Waals surface area contributed by atoms with Gasteiger partial charge in [0.05, 0.1) is 0 Å². The minimum atomic E-state index is -4.48. The standard InChI is InChI=1S/C14H21F3O2/c1-4-6-8-9-12(14(15,16)17)13(10-7-5-2)19-11(3)18/h12-13H,4-7,10H2,1-3H3/t12-,13-/m0/s1. The van der Waals surface area contributed by atoms with E-state index >= 15 is 0 Å². The quantitative estimate of drug-likeness (QED) is 0.540. The van der Waals surface area contributed by atoms with Crippen LogP contribution in [0, 0.1) is 17.8 Å². The lowest BCUT2D eigenvalue weighted by Crippen LogP contribution is -2.36. The lowest BCUT2D eigenvalue weighted by molar-refractivity contribution is -0.193. The van der Waals surface area contributed by atoms with E-state index in [1.807, 2.05) is 13.8 Å². The second-order valence-corrected chi connectivity index (χ2v) is 4.38. The normalized spacial score (nSPS) is 14.2. The van der Waals surface area contributed by atoms with Gasteiger partial charge in [0.1, 0.15) is 6.10 Å². The van der Waals surface area contributed by atoms with Crippen LogP contribution in [0.2, 0.25) is 0 Å². The fourth-order valence-electron chi connectivity index (χ4n) is 1.60. The first-order valence-corrected chi connectivity index (χ1v) is 6.55. The summed E-state index contributed by atoms with van der Waals surface area (Å²) in [6.45, 7) is 4.83. The maximum absolute atomic E-state index is 13.0. The highest BCUT2D eigenvalue weighted by Gasteiger charge is 2.45. The molecule has 0 aromatic rings. The summed E-state index contributed by atoms with van der Waals surface area (Å²) in [6.07, 6.45) is -3.08. The molecule has 0 N–H and O–H groups in total. The zero-order valence-electron chi connectivity index (χ0n) is 11.6. The average molecular weight is 278 g/mol. The molecule has 2 nitrogen and oxygen atoms in total. The van der Waals surface area contributed by atoms with Gasteiger partial charge in [-0.05, 0) is 19.3 Å². The molecule has 0 spiro atoms. The van der Waals surface area contributed by atoms with Crippen LogP contribution in [0.5, 0.6) is 0 Å². The molecule has 0 radical (unpaired) electrons. The molecule has 0 aromatic carbocycles. The predicted molar refractivity (Wildman–Crippen MR) is 67.3 cm³/mol. The van der Waals surface area contributed by atoms with E-state index in [9.17, 15) is 18.0 Å². The number of alkyl halides is 3. The number of unbranched alkanes of at least 4 members (excludes halogenated alkanes) is 2. The zero-order chi connectivity index (χ0) is 14.9. The van der Waals surface area contributed by atoms with Gasteiger partial charge in [-0.25, -0.2) is 0 Å². The van der Waals surface area contributed by atoms with Crippen molar-refractivity contribution >= 4 is 5.97 Å². The Labute approximate surface area is 112 Å². The number of halogens is 3. The van der Waals surface area contributed by atoms with Gasteiger partial charge in [-0.3, -0.25) is 4.79 Å². The number of esters is 1. The van der Waals surface area contributed by atoms with E-state index in [1.165, 1.54) is 0 Å². The van der Waals surface area contributed by atoms with Gasteiger partial charge in [-0.2, -0.15) is 13.2 Å². The summed E-state index contributed by atoms with van der Waals surface area (Å²) in [5.41, 5.74) is 0. The van der Waals surface area contributed by atoms with Gasteiger partial charge in [-0.1, -0.05) is 26.2 Å². The Morgan fingerprint density at radius 3 is 2.32 bits per heavy atom. The van der Waals surface area contributed by atoms with Gasteiger partial charge >= 0.3 is 12.1 Å². The van der Waals surface area contributed by atoms with Crippen LogP contribution in [0.4, 0.5) is 13.2 Å². The zero-order valence-corrected chi connectivity index (χ0v) is 11.6. The fourth-order valence-corrected chi connectivity index (χ4v) is 1.60. The van der Waals surface area contributed by atoms with E-state index in [4.69, 9.17) is 4.74 Å². The Hall–Kier alpha value is -1.18. The first-order chi connectivity index (χ1) is 8.82. The van der Waals surface area contributed by atoms with E-state index in [-0.39, 0.29) is 6.42 Å². The van der Waals surface area contributed by atoms with Crippen molar-refractivity contribution in [3.8, 4) is 11.8 Å². The smallest absolute Gasteiger partial charge is 0.405 e. The van der Waals surface area contributed by atoms with Crippen molar-refractivity contribution in [1.82, 2.24) is 0 Å². The van der Waals surface area contributed by atoms with Crippen LogP contribution in [0.3, 0.4) is 0 Å². The van der Waals surface area contributed by atoms with Crippen LogP contribution in [-0.4, -0.2) is 18.2 Å². The molecule has 19 heavy (non-hydrogen) atoms. The molecule has 0 saturated heterocycles. The Morgan fingerprint density at radius 1 is 1.26 bits per heavy atom. The molecular formula is C14H21F3O2. The van der Waals surface area contributed by atoms with Crippen molar-refractivity contribution < 1.29 is 22.7 Å². The van der Waals surface area contributed by atoms with E-state index < -0.39 is 24.2 Å². The number of rotatable bonds is 6. The monoisotopic (exact) mass is 278 g/mol. The van der Waals surface area contributed by atoms with Gasteiger partial charge in [0.25, 0.3) is 0 Å². The lowest BCUT2D eigenvalue weighted by Gasteiger charge is -2.24. The molecule has 0 heterocycles. The molecule has 110 valence electrons. The minimum absolute atomic E-state index is 0.182. The van der Waals surface area contributed by atoms with Crippen LogP contribution < -0.4 is 0 Å². The number of carbonyl (C=O) groups excluding carboxylic acids is 1. The number of hydrogen-bond acceptors (Lipinski definition) is 2. The van der Waals surface area contributed by atoms with Gasteiger partial charge in [-0.15, -0.1) is 5.92 Å². The van der Waals surface area contributed by atoms with Crippen LogP contribution in [0.15, 0.2) is 0 Å². The van der Waals surface area contributed by atoms with Crippen LogP contribution >= 0.6 is 0 Å². The summed E-state index contributed by atoms with van der Waals surface area (Å²) in [4.78, 5) is 10.9. The van der Waals surface area contributed by atoms with Crippen molar-refractivity contribution in [2.45, 2.75) is 65.2 Å². The largest absolute Gasteiger partial charge is 0.461 e. The molecule has 0 aliphatic carbocycles. The molecule has 0 aliphatic heterocycles. The van der Waals surface area contributed by atoms with Crippen molar-refractivity contribution in [3.05, 3.63) is 0 Å². The Bertz CT molecular complexity index is 326. The number of carbonyl (C=O) groups is 1. The summed E-state index contributed by atoms with van der Waals surface area (Å²) in [6, 6.07) is 0. The molecule has 0 aliphatic rings. The number of ether oxygens (including phenoxy) is 1. The van der Waals surface area contributed by atoms with E-state index in [2.05, 4.69) is 11.8 Å². The molecule has 0 unspecified atom stereocenters. The van der Waals surface area contributed by atoms with Crippen LogP contribution in [0.25, 0.3) is 0 Å². The summed E-state index contributed by atoms with van der Waals surface area (Å²) in [5.74, 6) is 2.14. The molecule has 0 fully saturated rings. The highest BCUT2D eigenvalue weighted by molar-refractivity contribution is 5.66. The third kappa shape index (κ3) is 7.76. The van der Waals surface area contributed by atoms with E-state index in [0.29, 0.717) is 19.3 Å². The van der Waals surface area contributed by atoms with Gasteiger partial charge in [0.2, 0.25) is 0 Å². The topological polar surface area (TPSA) is 26.3 Å². The molecule has 2 atom stereocenters. The number of hydrogen-bond donors (Lipinski definition) is 0. The summed E-state index contributed by atoms with van der Waals surface area (Å²) >= 11 is 0. The fraction of sp³-hybridized carbons (Fsp3) is 0.786. The van der Waals surface area contributed by atoms with Crippen molar-refractivity contribution in [2.75, 3.05) is 0 Å². The van der Waals surface area contributed by atoms with Gasteiger partial charge in [0.15, 0.2) is 5.92 Å². The van der Waals surface area contributed by atoms with Crippen molar-refractivity contribution in [3.63, 3.8) is 0 Å². The van der Waals surface area contributed by atoms with Crippen molar-refractivity contribution in [2.24, 2.45) is 5.92 Å². The maximum Gasteiger partial charge on any atom is 0.405 e. The SMILES string of the molecule is CCCC#C[C@@H]([C@H](CCCC)OC(C)=O)C(F)(F)F. The second kappa shape index (κ2) is 8.84. The summed E-state index contributed by atoms with van der Waals surface area (Å²) in [7, 11) is 0. The average Bonchev–Trinajstić information content (AvgIpc) is 2.28. The third-order valence-corrected chi connectivity index (χ3v) is 2.52. The highest BCUT2D eigenvalue weighted by Crippen LogP contribution is 2.32. The molecule has 5 heteroatoms. The van der Waals surface area contributed by atoms with E-state index in [0.717, 1.165) is 13.3 Å². The molecule has 0 saturated carbocycles. The highest BCUT2D eigenvalue weighted by atomic mass is 19.4. The molecule has 0 bridgehead atoms. The second-order valence-electron chi connectivity index (χ2n) is 4.38. The Kier molecular flexibility index (Phi) is 8.29. The predicted octanol–water partition coefficient (Wildman–Crippen LogP) is 4.09. The molecular weight excluding hydrogens is 257 g/mol. The first kappa shape index (κ1) is 17.8. The molecule has 0 amide bonds. The maximum atomic E-state index is 13.0. The molecule has 0 rings (SSSR count). The van der Waals surface area contributed by atoms with Gasteiger partial charge in [0, 0.05) is 13.3 Å². The van der Waals surface area contributed by atoms with Crippen molar-refractivity contribution in [1.29, 1.82) is 0 Å². The Morgan fingerprint density at radius 2 is 1.89 bits per heavy atom. The summed E-state index contributed by atoms with van der Waals surface area (Å²) in [5, 5.41) is 0. The third-order valence-electron chi connectivity index (χ3n) is 2.52. The molecule has 0 aromatic heterocycles. The summed E-state index contributed by atoms with van der Waals surface area (Å²) < 4.78 is 43.8.